The van der Waals surface area contributed by atoms with E-state index in [1.54, 1.807) is 6.07 Å². The van der Waals surface area contributed by atoms with Crippen LogP contribution in [-0.4, -0.2) is 33.8 Å². The predicted octanol–water partition coefficient (Wildman–Crippen LogP) is 2.49. The van der Waals surface area contributed by atoms with Gasteiger partial charge in [-0.15, -0.1) is 0 Å². The van der Waals surface area contributed by atoms with Crippen LogP contribution in [0, 0.1) is 5.92 Å². The van der Waals surface area contributed by atoms with Gasteiger partial charge >= 0.3 is 5.97 Å². The molecular formula is C15H18N2O4. The number of anilines is 1. The number of hydrogen-bond acceptors (Lipinski definition) is 5. The van der Waals surface area contributed by atoms with Crippen molar-refractivity contribution in [2.45, 2.75) is 31.7 Å². The lowest BCUT2D eigenvalue weighted by Gasteiger charge is -2.30. The van der Waals surface area contributed by atoms with E-state index in [4.69, 9.17) is 9.52 Å². The molecule has 1 aliphatic rings. The number of carbonyl (C=O) groups is 1. The Morgan fingerprint density at radius 1 is 1.38 bits per heavy atom. The van der Waals surface area contributed by atoms with Crippen LogP contribution in [0.5, 0.6) is 0 Å². The first-order valence-corrected chi connectivity index (χ1v) is 7.18. The third-order valence-electron chi connectivity index (χ3n) is 4.09. The summed E-state index contributed by atoms with van der Waals surface area (Å²) in [5.41, 5.74) is 1.25. The highest BCUT2D eigenvalue weighted by Crippen LogP contribution is 2.28. The van der Waals surface area contributed by atoms with E-state index in [9.17, 15) is 9.90 Å². The Morgan fingerprint density at radius 3 is 2.95 bits per heavy atom. The van der Waals surface area contributed by atoms with Gasteiger partial charge < -0.3 is 19.9 Å². The third kappa shape index (κ3) is 2.85. The van der Waals surface area contributed by atoms with Crippen molar-refractivity contribution in [2.75, 3.05) is 11.9 Å². The first kappa shape index (κ1) is 13.9. The minimum Gasteiger partial charge on any atom is -0.478 e. The van der Waals surface area contributed by atoms with Gasteiger partial charge in [0.05, 0.1) is 5.56 Å². The van der Waals surface area contributed by atoms with E-state index in [0.717, 1.165) is 25.7 Å². The van der Waals surface area contributed by atoms with E-state index in [2.05, 4.69) is 10.3 Å². The standard InChI is InChI=1S/C15H18N2O4/c18-8-10-3-1-2-4-11(10)16-15-17-12-6-5-9(14(19)20)7-13(12)21-15/h5-7,10-11,18H,1-4,8H2,(H,16,17)(H,19,20). The number of benzene rings is 1. The van der Waals surface area contributed by atoms with Crippen molar-refractivity contribution in [2.24, 2.45) is 5.92 Å². The van der Waals surface area contributed by atoms with Crippen LogP contribution in [0.15, 0.2) is 22.6 Å². The lowest BCUT2D eigenvalue weighted by molar-refractivity contribution is 0.0697. The Labute approximate surface area is 121 Å². The number of oxazole rings is 1. The number of nitrogens with zero attached hydrogens (tertiary/aromatic N) is 1. The summed E-state index contributed by atoms with van der Waals surface area (Å²) in [5.74, 6) is -0.779. The Morgan fingerprint density at radius 2 is 2.19 bits per heavy atom. The Hall–Kier alpha value is -2.08. The first-order valence-electron chi connectivity index (χ1n) is 7.18. The van der Waals surface area contributed by atoms with Crippen LogP contribution in [0.1, 0.15) is 36.0 Å². The van der Waals surface area contributed by atoms with Crippen LogP contribution in [0.4, 0.5) is 6.01 Å². The molecule has 1 heterocycles. The number of nitrogens with one attached hydrogen (secondary N) is 1. The monoisotopic (exact) mass is 290 g/mol. The maximum absolute atomic E-state index is 10.9. The summed E-state index contributed by atoms with van der Waals surface area (Å²) in [5, 5.41) is 21.6. The first-order chi connectivity index (χ1) is 10.2. The van der Waals surface area contributed by atoms with Gasteiger partial charge in [0.1, 0.15) is 5.52 Å². The molecular weight excluding hydrogens is 272 g/mol. The minimum absolute atomic E-state index is 0.149. The number of aromatic nitrogens is 1. The number of fused-ring (bicyclic) bond motifs is 1. The van der Waals surface area contributed by atoms with Crippen LogP contribution < -0.4 is 5.32 Å². The summed E-state index contributed by atoms with van der Waals surface area (Å²) < 4.78 is 5.59. The number of carboxylic acids is 1. The van der Waals surface area contributed by atoms with Crippen molar-refractivity contribution in [1.29, 1.82) is 0 Å². The molecule has 1 aliphatic carbocycles. The number of rotatable bonds is 4. The van der Waals surface area contributed by atoms with Crippen molar-refractivity contribution in [3.8, 4) is 0 Å². The van der Waals surface area contributed by atoms with Gasteiger partial charge in [-0.25, -0.2) is 4.79 Å². The minimum atomic E-state index is -0.990. The fourth-order valence-electron chi connectivity index (χ4n) is 2.89. The van der Waals surface area contributed by atoms with Gasteiger partial charge in [-0.3, -0.25) is 0 Å². The van der Waals surface area contributed by atoms with E-state index >= 15 is 0 Å². The van der Waals surface area contributed by atoms with E-state index < -0.39 is 5.97 Å². The van der Waals surface area contributed by atoms with Crippen LogP contribution in [-0.2, 0) is 0 Å². The van der Waals surface area contributed by atoms with Crippen LogP contribution >= 0.6 is 0 Å². The molecule has 1 aromatic carbocycles. The fraction of sp³-hybridized carbons (Fsp3) is 0.467. The van der Waals surface area contributed by atoms with Crippen LogP contribution in [0.3, 0.4) is 0 Å². The van der Waals surface area contributed by atoms with Gasteiger partial charge in [0.15, 0.2) is 5.58 Å². The van der Waals surface area contributed by atoms with Gasteiger partial charge in [0, 0.05) is 18.6 Å². The number of aliphatic hydroxyl groups is 1. The average Bonchev–Trinajstić information content (AvgIpc) is 2.89. The molecule has 0 amide bonds. The quantitative estimate of drug-likeness (QED) is 0.800. The van der Waals surface area contributed by atoms with E-state index in [1.165, 1.54) is 12.1 Å². The summed E-state index contributed by atoms with van der Waals surface area (Å²) in [4.78, 5) is 15.3. The molecule has 1 fully saturated rings. The van der Waals surface area contributed by atoms with E-state index in [0.29, 0.717) is 17.1 Å². The molecule has 0 spiro atoms. The van der Waals surface area contributed by atoms with E-state index in [-0.39, 0.29) is 24.1 Å². The number of aliphatic hydroxyl groups excluding tert-OH is 1. The maximum Gasteiger partial charge on any atom is 0.335 e. The zero-order valence-corrected chi connectivity index (χ0v) is 11.6. The van der Waals surface area contributed by atoms with E-state index in [1.807, 2.05) is 0 Å². The molecule has 2 unspecified atom stereocenters. The van der Waals surface area contributed by atoms with Crippen molar-refractivity contribution in [1.82, 2.24) is 4.98 Å². The molecule has 3 rings (SSSR count). The molecule has 112 valence electrons. The lowest BCUT2D eigenvalue weighted by Crippen LogP contribution is -2.34. The number of aromatic carboxylic acids is 1. The number of hydrogen-bond donors (Lipinski definition) is 3. The normalized spacial score (nSPS) is 22.3. The second kappa shape index (κ2) is 5.73. The van der Waals surface area contributed by atoms with Crippen LogP contribution in [0.25, 0.3) is 11.1 Å². The summed E-state index contributed by atoms with van der Waals surface area (Å²) in [6.45, 7) is 0.154. The van der Waals surface area contributed by atoms with Crippen LogP contribution in [0.2, 0.25) is 0 Å². The SMILES string of the molecule is O=C(O)c1ccc2nc(NC3CCCCC3CO)oc2c1. The van der Waals surface area contributed by atoms with Gasteiger partial charge in [0.25, 0.3) is 6.01 Å². The topological polar surface area (TPSA) is 95.6 Å². The molecule has 2 aromatic rings. The Balaban J connectivity index is 1.82. The van der Waals surface area contributed by atoms with Gasteiger partial charge in [-0.2, -0.15) is 4.98 Å². The second-order valence-electron chi connectivity index (χ2n) is 5.48. The molecule has 21 heavy (non-hydrogen) atoms. The maximum atomic E-state index is 10.9. The Kier molecular flexibility index (Phi) is 3.79. The molecule has 3 N–H and O–H groups in total. The smallest absolute Gasteiger partial charge is 0.335 e. The Bertz CT molecular complexity index is 652. The van der Waals surface area contributed by atoms with Gasteiger partial charge in [0.2, 0.25) is 0 Å². The fourth-order valence-corrected chi connectivity index (χ4v) is 2.89. The summed E-state index contributed by atoms with van der Waals surface area (Å²) in [6, 6.07) is 5.15. The van der Waals surface area contributed by atoms with Crippen molar-refractivity contribution in [3.05, 3.63) is 23.8 Å². The van der Waals surface area contributed by atoms with Crippen molar-refractivity contribution < 1.29 is 19.4 Å². The highest BCUT2D eigenvalue weighted by Gasteiger charge is 2.25. The predicted molar refractivity (Wildman–Crippen MR) is 77.4 cm³/mol. The second-order valence-corrected chi connectivity index (χ2v) is 5.48. The summed E-state index contributed by atoms with van der Waals surface area (Å²) >= 11 is 0. The average molecular weight is 290 g/mol. The molecule has 0 radical (unpaired) electrons. The van der Waals surface area contributed by atoms with Gasteiger partial charge in [-0.05, 0) is 31.0 Å². The molecule has 6 heteroatoms. The summed E-state index contributed by atoms with van der Waals surface area (Å²) in [7, 11) is 0. The zero-order chi connectivity index (χ0) is 14.8. The molecule has 6 nitrogen and oxygen atoms in total. The largest absolute Gasteiger partial charge is 0.478 e. The zero-order valence-electron chi connectivity index (χ0n) is 11.6. The molecule has 0 saturated heterocycles. The highest BCUT2D eigenvalue weighted by molar-refractivity contribution is 5.92. The highest BCUT2D eigenvalue weighted by atomic mass is 16.4. The van der Waals surface area contributed by atoms with Crippen molar-refractivity contribution in [3.63, 3.8) is 0 Å². The third-order valence-corrected chi connectivity index (χ3v) is 4.09. The molecule has 2 atom stereocenters. The van der Waals surface area contributed by atoms with Gasteiger partial charge in [-0.1, -0.05) is 12.8 Å². The molecule has 1 saturated carbocycles. The molecule has 0 aliphatic heterocycles. The molecule has 0 bridgehead atoms. The molecule has 1 aromatic heterocycles. The van der Waals surface area contributed by atoms with Crippen molar-refractivity contribution >= 4 is 23.1 Å². The number of carboxylic acid groups (broad SMARTS) is 1. The summed E-state index contributed by atoms with van der Waals surface area (Å²) in [6.07, 6.45) is 4.23. The lowest BCUT2D eigenvalue weighted by atomic mass is 9.85.